The summed E-state index contributed by atoms with van der Waals surface area (Å²) in [6.45, 7) is 6.70. The molecule has 180 valence electrons. The van der Waals surface area contributed by atoms with Gasteiger partial charge in [-0.1, -0.05) is 0 Å². The van der Waals surface area contributed by atoms with E-state index in [1.54, 1.807) is 6.20 Å². The lowest BCUT2D eigenvalue weighted by molar-refractivity contribution is -0.192. The predicted octanol–water partition coefficient (Wildman–Crippen LogP) is 2.75. The molecule has 0 saturated carbocycles. The monoisotopic (exact) mass is 486 g/mol. The van der Waals surface area contributed by atoms with Crippen molar-refractivity contribution in [2.75, 3.05) is 26.2 Å². The highest BCUT2D eigenvalue weighted by atomic mass is 32.1. The Kier molecular flexibility index (Phi) is 8.38. The molecule has 2 saturated heterocycles. The maximum atomic E-state index is 12.1. The number of piperidine rings is 1. The van der Waals surface area contributed by atoms with Crippen molar-refractivity contribution in [1.29, 1.82) is 0 Å². The average Bonchev–Trinajstić information content (AvgIpc) is 3.37. The molecule has 2 aromatic rings. The van der Waals surface area contributed by atoms with Crippen LogP contribution in [0.1, 0.15) is 26.7 Å². The first-order valence-corrected chi connectivity index (χ1v) is 11.2. The Morgan fingerprint density at radius 2 is 2.09 bits per heavy atom. The van der Waals surface area contributed by atoms with Gasteiger partial charge in [0.15, 0.2) is 0 Å². The number of fused-ring (bicyclic) bond motifs is 1. The van der Waals surface area contributed by atoms with Crippen molar-refractivity contribution < 1.29 is 32.6 Å². The summed E-state index contributed by atoms with van der Waals surface area (Å²) in [6.07, 6.45) is 0.722. The fraction of sp³-hybridized carbons (Fsp3) is 0.524. The number of aryl methyl sites for hydroxylation is 1. The van der Waals surface area contributed by atoms with Crippen molar-refractivity contribution in [2.24, 2.45) is 11.8 Å². The summed E-state index contributed by atoms with van der Waals surface area (Å²) in [5.74, 6) is -1.86. The van der Waals surface area contributed by atoms with Crippen LogP contribution in [-0.4, -0.2) is 70.4 Å². The van der Waals surface area contributed by atoms with Crippen LogP contribution in [0.15, 0.2) is 30.7 Å². The minimum Gasteiger partial charge on any atom is -0.475 e. The number of aliphatic carboxylic acids is 1. The van der Waals surface area contributed by atoms with Crippen LogP contribution in [-0.2, 0) is 16.1 Å². The molecule has 0 aromatic carbocycles. The van der Waals surface area contributed by atoms with Crippen molar-refractivity contribution in [3.8, 4) is 0 Å². The molecular formula is C21H25F3N4O4S. The molecule has 0 radical (unpaired) electrons. The van der Waals surface area contributed by atoms with Gasteiger partial charge in [0.1, 0.15) is 5.69 Å². The average molecular weight is 487 g/mol. The van der Waals surface area contributed by atoms with E-state index in [-0.39, 0.29) is 12.0 Å². The molecule has 2 N–H and O–H groups in total. The highest BCUT2D eigenvalue weighted by Gasteiger charge is 2.41. The number of alkyl halides is 3. The standard InChI is InChI=1S/C19H24N4O2S.C2HF3O2/c1-13-2-3-15(26-13)11-23-7-4-16-14(10-23)12-25-18(16)9-22-19(24)17-8-20-5-6-21-17;3-2(4,5)1(6)7/h2-3,5-6,8,14,16,18H,4,7,9-12H2,1H3,(H,22,24);(H,6,7)/t14-,16-,18+;/m0./s1. The first-order valence-electron chi connectivity index (χ1n) is 10.4. The van der Waals surface area contributed by atoms with Crippen molar-refractivity contribution in [2.45, 2.75) is 32.2 Å². The van der Waals surface area contributed by atoms with Gasteiger partial charge in [0.2, 0.25) is 0 Å². The molecular weight excluding hydrogens is 461 g/mol. The molecule has 33 heavy (non-hydrogen) atoms. The Hall–Kier alpha value is -2.57. The van der Waals surface area contributed by atoms with Crippen LogP contribution in [0, 0.1) is 18.8 Å². The molecule has 2 aliphatic heterocycles. The minimum atomic E-state index is -5.08. The van der Waals surface area contributed by atoms with Gasteiger partial charge < -0.3 is 15.2 Å². The predicted molar refractivity (Wildman–Crippen MR) is 114 cm³/mol. The number of nitrogens with zero attached hydrogens (tertiary/aromatic N) is 3. The number of amides is 1. The van der Waals surface area contributed by atoms with E-state index in [0.717, 1.165) is 32.7 Å². The van der Waals surface area contributed by atoms with E-state index in [2.05, 4.69) is 39.2 Å². The number of carboxylic acid groups (broad SMARTS) is 1. The molecule has 4 heterocycles. The molecule has 3 atom stereocenters. The van der Waals surface area contributed by atoms with Crippen LogP contribution in [0.5, 0.6) is 0 Å². The number of carbonyl (C=O) groups excluding carboxylic acids is 1. The molecule has 0 unspecified atom stereocenters. The van der Waals surface area contributed by atoms with Gasteiger partial charge in [-0.3, -0.25) is 14.7 Å². The number of hydrogen-bond acceptors (Lipinski definition) is 7. The molecule has 2 fully saturated rings. The van der Waals surface area contributed by atoms with Gasteiger partial charge in [0, 0.05) is 47.7 Å². The summed E-state index contributed by atoms with van der Waals surface area (Å²) in [6, 6.07) is 4.43. The maximum Gasteiger partial charge on any atom is 0.490 e. The number of aromatic nitrogens is 2. The summed E-state index contributed by atoms with van der Waals surface area (Å²) in [5, 5.41) is 10.1. The molecule has 8 nitrogen and oxygen atoms in total. The van der Waals surface area contributed by atoms with Crippen molar-refractivity contribution in [1.82, 2.24) is 20.2 Å². The van der Waals surface area contributed by atoms with Crippen LogP contribution in [0.2, 0.25) is 0 Å². The molecule has 0 spiro atoms. The largest absolute Gasteiger partial charge is 0.490 e. The number of carboxylic acids is 1. The summed E-state index contributed by atoms with van der Waals surface area (Å²) < 4.78 is 37.8. The van der Waals surface area contributed by atoms with Gasteiger partial charge >= 0.3 is 12.1 Å². The van der Waals surface area contributed by atoms with Crippen LogP contribution in [0.25, 0.3) is 0 Å². The van der Waals surface area contributed by atoms with Gasteiger partial charge in [-0.2, -0.15) is 13.2 Å². The van der Waals surface area contributed by atoms with Crippen molar-refractivity contribution in [3.05, 3.63) is 46.2 Å². The summed E-state index contributed by atoms with van der Waals surface area (Å²) >= 11 is 1.88. The molecule has 2 aliphatic rings. The lowest BCUT2D eigenvalue weighted by Gasteiger charge is -2.35. The number of rotatable bonds is 5. The SMILES string of the molecule is Cc1ccc(CN2CC[C@H]3[C@H](CO[C@@H]3CNC(=O)c3cnccn3)C2)s1.O=C(O)C(F)(F)F. The fourth-order valence-electron chi connectivity index (χ4n) is 4.01. The lowest BCUT2D eigenvalue weighted by atomic mass is 9.84. The summed E-state index contributed by atoms with van der Waals surface area (Å²) in [7, 11) is 0. The zero-order chi connectivity index (χ0) is 24.0. The molecule has 2 aromatic heterocycles. The fourth-order valence-corrected chi connectivity index (χ4v) is 4.94. The van der Waals surface area contributed by atoms with Crippen LogP contribution in [0.4, 0.5) is 13.2 Å². The third-order valence-electron chi connectivity index (χ3n) is 5.56. The maximum absolute atomic E-state index is 12.1. The van der Waals surface area contributed by atoms with Crippen molar-refractivity contribution in [3.63, 3.8) is 0 Å². The second kappa shape index (κ2) is 11.0. The van der Waals surface area contributed by atoms with Crippen LogP contribution >= 0.6 is 11.3 Å². The second-order valence-electron chi connectivity index (χ2n) is 7.94. The number of thiophene rings is 1. The van der Waals surface area contributed by atoms with E-state index in [1.807, 2.05) is 11.3 Å². The van der Waals surface area contributed by atoms with E-state index in [0.29, 0.717) is 24.1 Å². The molecule has 0 aliphatic carbocycles. The van der Waals surface area contributed by atoms with E-state index in [1.165, 1.54) is 22.1 Å². The minimum absolute atomic E-state index is 0.103. The van der Waals surface area contributed by atoms with Crippen LogP contribution < -0.4 is 5.32 Å². The molecule has 4 rings (SSSR count). The van der Waals surface area contributed by atoms with Crippen molar-refractivity contribution >= 4 is 23.2 Å². The number of hydrogen-bond donors (Lipinski definition) is 2. The van der Waals surface area contributed by atoms with E-state index < -0.39 is 12.1 Å². The highest BCUT2D eigenvalue weighted by molar-refractivity contribution is 7.11. The Balaban J connectivity index is 0.000000383. The Labute approximate surface area is 192 Å². The quantitative estimate of drug-likeness (QED) is 0.670. The zero-order valence-corrected chi connectivity index (χ0v) is 18.7. The number of halogens is 3. The normalized spacial score (nSPS) is 22.7. The Morgan fingerprint density at radius 1 is 1.33 bits per heavy atom. The van der Waals surface area contributed by atoms with E-state index >= 15 is 0 Å². The van der Waals surface area contributed by atoms with Gasteiger partial charge in [-0.05, 0) is 37.9 Å². The van der Waals surface area contributed by atoms with Crippen LogP contribution in [0.3, 0.4) is 0 Å². The first kappa shape index (κ1) is 25.1. The van der Waals surface area contributed by atoms with Gasteiger partial charge in [0.25, 0.3) is 5.91 Å². The number of carbonyl (C=O) groups is 2. The smallest absolute Gasteiger partial charge is 0.475 e. The number of nitrogens with one attached hydrogen (secondary N) is 1. The summed E-state index contributed by atoms with van der Waals surface area (Å²) in [5.41, 5.74) is 0.350. The summed E-state index contributed by atoms with van der Waals surface area (Å²) in [4.78, 5) is 34.4. The third kappa shape index (κ3) is 7.21. The van der Waals surface area contributed by atoms with Gasteiger partial charge in [-0.15, -0.1) is 11.3 Å². The van der Waals surface area contributed by atoms with E-state index in [9.17, 15) is 18.0 Å². The molecule has 12 heteroatoms. The highest BCUT2D eigenvalue weighted by Crippen LogP contribution is 2.35. The molecule has 0 bridgehead atoms. The van der Waals surface area contributed by atoms with E-state index in [4.69, 9.17) is 14.6 Å². The third-order valence-corrected chi connectivity index (χ3v) is 6.54. The number of ether oxygens (including phenoxy) is 1. The van der Waals surface area contributed by atoms with Gasteiger partial charge in [0.05, 0.1) is 18.9 Å². The second-order valence-corrected chi connectivity index (χ2v) is 9.31. The molecule has 1 amide bonds. The Morgan fingerprint density at radius 3 is 2.70 bits per heavy atom. The first-order chi connectivity index (χ1) is 15.6. The Bertz CT molecular complexity index is 941. The zero-order valence-electron chi connectivity index (χ0n) is 17.9. The van der Waals surface area contributed by atoms with Gasteiger partial charge in [-0.25, -0.2) is 9.78 Å². The lowest BCUT2D eigenvalue weighted by Crippen LogP contribution is -2.43. The number of likely N-dealkylation sites (tertiary alicyclic amines) is 1. The topological polar surface area (TPSA) is 105 Å².